The van der Waals surface area contributed by atoms with Crippen LogP contribution in [-0.2, 0) is 6.42 Å². The van der Waals surface area contributed by atoms with Gasteiger partial charge in [0.15, 0.2) is 17.3 Å². The Morgan fingerprint density at radius 1 is 1.27 bits per heavy atom. The third-order valence-electron chi connectivity index (χ3n) is 5.10. The smallest absolute Gasteiger partial charge is 0.289 e. The van der Waals surface area contributed by atoms with Gasteiger partial charge >= 0.3 is 0 Å². The lowest BCUT2D eigenvalue weighted by atomic mass is 10.3. The minimum absolute atomic E-state index is 0.00916. The molecule has 6 nitrogen and oxygen atoms in total. The molecule has 0 spiro atoms. The Kier molecular flexibility index (Phi) is 4.82. The van der Waals surface area contributed by atoms with Crippen molar-refractivity contribution in [3.8, 4) is 5.75 Å². The molecule has 4 heterocycles. The van der Waals surface area contributed by atoms with Crippen molar-refractivity contribution in [2.75, 3.05) is 31.1 Å². The SMILES string of the molecule is CCc1ccc(C(=O)N2CC[C@@H](Oc3cccnc3N3CCCC3)C2)o1. The number of carbonyl (C=O) groups excluding carboxylic acids is 1. The lowest BCUT2D eigenvalue weighted by Crippen LogP contribution is -2.31. The van der Waals surface area contributed by atoms with Crippen molar-refractivity contribution in [2.45, 2.75) is 38.7 Å². The molecule has 0 unspecified atom stereocenters. The second-order valence-corrected chi connectivity index (χ2v) is 6.92. The number of pyridine rings is 1. The molecule has 2 aromatic heterocycles. The van der Waals surface area contributed by atoms with E-state index in [1.54, 1.807) is 6.07 Å². The molecule has 0 bridgehead atoms. The number of likely N-dealkylation sites (tertiary alicyclic amines) is 1. The van der Waals surface area contributed by atoms with Crippen LogP contribution in [0.5, 0.6) is 5.75 Å². The molecule has 0 N–H and O–H groups in total. The molecule has 0 aromatic carbocycles. The maximum atomic E-state index is 12.6. The predicted octanol–water partition coefficient (Wildman–Crippen LogP) is 3.13. The lowest BCUT2D eigenvalue weighted by molar-refractivity contribution is 0.0739. The van der Waals surface area contributed by atoms with E-state index in [4.69, 9.17) is 9.15 Å². The zero-order chi connectivity index (χ0) is 17.9. The summed E-state index contributed by atoms with van der Waals surface area (Å²) in [5.74, 6) is 2.95. The highest BCUT2D eigenvalue weighted by Crippen LogP contribution is 2.30. The van der Waals surface area contributed by atoms with Crippen molar-refractivity contribution in [1.82, 2.24) is 9.88 Å². The fourth-order valence-electron chi connectivity index (χ4n) is 3.67. The normalized spacial score (nSPS) is 20.0. The second-order valence-electron chi connectivity index (χ2n) is 6.92. The average Bonchev–Trinajstić information content (AvgIpc) is 3.42. The summed E-state index contributed by atoms with van der Waals surface area (Å²) in [6.45, 7) is 5.33. The highest BCUT2D eigenvalue weighted by atomic mass is 16.5. The van der Waals surface area contributed by atoms with Gasteiger partial charge in [0.2, 0.25) is 0 Å². The molecule has 0 saturated carbocycles. The van der Waals surface area contributed by atoms with Crippen molar-refractivity contribution >= 4 is 11.7 Å². The molecule has 2 fully saturated rings. The Morgan fingerprint density at radius 2 is 2.12 bits per heavy atom. The Morgan fingerprint density at radius 3 is 2.88 bits per heavy atom. The maximum absolute atomic E-state index is 12.6. The van der Waals surface area contributed by atoms with E-state index in [1.165, 1.54) is 12.8 Å². The molecule has 2 aliphatic rings. The number of anilines is 1. The number of hydrogen-bond acceptors (Lipinski definition) is 5. The molecule has 1 atom stereocenters. The van der Waals surface area contributed by atoms with E-state index < -0.39 is 0 Å². The average molecular weight is 355 g/mol. The largest absolute Gasteiger partial charge is 0.485 e. The minimum Gasteiger partial charge on any atom is -0.485 e. The van der Waals surface area contributed by atoms with Crippen molar-refractivity contribution in [1.29, 1.82) is 0 Å². The third-order valence-corrected chi connectivity index (χ3v) is 5.10. The molecule has 2 aromatic rings. The van der Waals surface area contributed by atoms with Gasteiger partial charge in [-0.25, -0.2) is 4.98 Å². The van der Waals surface area contributed by atoms with Gasteiger partial charge in [0.25, 0.3) is 5.91 Å². The number of aromatic nitrogens is 1. The number of furan rings is 1. The van der Waals surface area contributed by atoms with E-state index in [9.17, 15) is 4.79 Å². The number of hydrogen-bond donors (Lipinski definition) is 0. The van der Waals surface area contributed by atoms with Gasteiger partial charge < -0.3 is 19.0 Å². The third kappa shape index (κ3) is 3.41. The van der Waals surface area contributed by atoms with Crippen LogP contribution in [0.2, 0.25) is 0 Å². The Bertz CT molecular complexity index is 767. The summed E-state index contributed by atoms with van der Waals surface area (Å²) >= 11 is 0. The molecule has 1 amide bonds. The Labute approximate surface area is 153 Å². The Balaban J connectivity index is 1.41. The fourth-order valence-corrected chi connectivity index (χ4v) is 3.67. The van der Waals surface area contributed by atoms with Crippen molar-refractivity contribution in [3.05, 3.63) is 42.0 Å². The van der Waals surface area contributed by atoms with E-state index in [0.29, 0.717) is 18.8 Å². The minimum atomic E-state index is -0.0539. The van der Waals surface area contributed by atoms with E-state index in [0.717, 1.165) is 43.3 Å². The first-order chi connectivity index (χ1) is 12.7. The van der Waals surface area contributed by atoms with Crippen LogP contribution in [0.4, 0.5) is 5.82 Å². The molecule has 6 heteroatoms. The van der Waals surface area contributed by atoms with E-state index in [1.807, 2.05) is 36.2 Å². The highest BCUT2D eigenvalue weighted by molar-refractivity contribution is 5.91. The molecule has 4 rings (SSSR count). The number of rotatable bonds is 5. The summed E-state index contributed by atoms with van der Waals surface area (Å²) < 4.78 is 11.8. The molecular weight excluding hydrogens is 330 g/mol. The van der Waals surface area contributed by atoms with Crippen molar-refractivity contribution in [3.63, 3.8) is 0 Å². The molecular formula is C20H25N3O3. The molecule has 26 heavy (non-hydrogen) atoms. The van der Waals surface area contributed by atoms with Gasteiger partial charge in [-0.2, -0.15) is 0 Å². The van der Waals surface area contributed by atoms with Gasteiger partial charge in [-0.05, 0) is 37.1 Å². The van der Waals surface area contributed by atoms with Gasteiger partial charge in [-0.3, -0.25) is 4.79 Å². The number of carbonyl (C=O) groups is 1. The number of aryl methyl sites for hydroxylation is 1. The van der Waals surface area contributed by atoms with E-state index in [2.05, 4.69) is 9.88 Å². The number of nitrogens with zero attached hydrogens (tertiary/aromatic N) is 3. The van der Waals surface area contributed by atoms with Crippen LogP contribution in [0.1, 0.15) is 42.5 Å². The molecule has 2 aliphatic heterocycles. The molecule has 0 aliphatic carbocycles. The molecule has 2 saturated heterocycles. The maximum Gasteiger partial charge on any atom is 0.289 e. The fraction of sp³-hybridized carbons (Fsp3) is 0.500. The summed E-state index contributed by atoms with van der Waals surface area (Å²) in [5, 5.41) is 0. The summed E-state index contributed by atoms with van der Waals surface area (Å²) in [4.78, 5) is 21.2. The van der Waals surface area contributed by atoms with Crippen LogP contribution >= 0.6 is 0 Å². The van der Waals surface area contributed by atoms with E-state index >= 15 is 0 Å². The summed E-state index contributed by atoms with van der Waals surface area (Å²) in [7, 11) is 0. The lowest BCUT2D eigenvalue weighted by Gasteiger charge is -2.22. The number of amides is 1. The van der Waals surface area contributed by atoms with Crippen LogP contribution in [0.25, 0.3) is 0 Å². The quantitative estimate of drug-likeness (QED) is 0.825. The van der Waals surface area contributed by atoms with Crippen LogP contribution in [-0.4, -0.2) is 48.1 Å². The first kappa shape index (κ1) is 16.9. The van der Waals surface area contributed by atoms with Gasteiger partial charge in [0, 0.05) is 38.7 Å². The van der Waals surface area contributed by atoms with Gasteiger partial charge in [0.05, 0.1) is 6.54 Å². The van der Waals surface area contributed by atoms with Crippen LogP contribution in [0, 0.1) is 0 Å². The first-order valence-electron chi connectivity index (χ1n) is 9.49. The van der Waals surface area contributed by atoms with Gasteiger partial charge in [-0.15, -0.1) is 0 Å². The van der Waals surface area contributed by atoms with Crippen LogP contribution < -0.4 is 9.64 Å². The zero-order valence-electron chi connectivity index (χ0n) is 15.2. The van der Waals surface area contributed by atoms with Crippen LogP contribution in [0.15, 0.2) is 34.9 Å². The number of ether oxygens (including phenoxy) is 1. The first-order valence-corrected chi connectivity index (χ1v) is 9.49. The summed E-state index contributed by atoms with van der Waals surface area (Å²) in [6, 6.07) is 7.52. The topological polar surface area (TPSA) is 58.8 Å². The van der Waals surface area contributed by atoms with Gasteiger partial charge in [-0.1, -0.05) is 6.92 Å². The molecule has 138 valence electrons. The van der Waals surface area contributed by atoms with Crippen molar-refractivity contribution in [2.24, 2.45) is 0 Å². The summed E-state index contributed by atoms with van der Waals surface area (Å²) in [6.07, 6.45) is 5.81. The second kappa shape index (κ2) is 7.40. The standard InChI is InChI=1S/C20H25N3O3/c1-2-15-7-8-18(25-15)20(24)23-13-9-16(14-23)26-17-6-5-10-21-19(17)22-11-3-4-12-22/h5-8,10,16H,2-4,9,11-14H2,1H3/t16-/m1/s1. The van der Waals surface area contributed by atoms with E-state index in [-0.39, 0.29) is 12.0 Å². The molecule has 0 radical (unpaired) electrons. The highest BCUT2D eigenvalue weighted by Gasteiger charge is 2.30. The monoisotopic (exact) mass is 355 g/mol. The predicted molar refractivity (Wildman–Crippen MR) is 98.7 cm³/mol. The van der Waals surface area contributed by atoms with Gasteiger partial charge in [0.1, 0.15) is 11.9 Å². The zero-order valence-corrected chi connectivity index (χ0v) is 15.2. The Hall–Kier alpha value is -2.50. The summed E-state index contributed by atoms with van der Waals surface area (Å²) in [5.41, 5.74) is 0. The van der Waals surface area contributed by atoms with Crippen LogP contribution in [0.3, 0.4) is 0 Å². The van der Waals surface area contributed by atoms with Crippen molar-refractivity contribution < 1.29 is 13.9 Å².